The van der Waals surface area contributed by atoms with E-state index in [4.69, 9.17) is 23.2 Å². The molecule has 0 aliphatic carbocycles. The molecular formula is C18H16Cl2N2O2. The molecule has 4 nitrogen and oxygen atoms in total. The van der Waals surface area contributed by atoms with Gasteiger partial charge >= 0.3 is 0 Å². The molecule has 0 spiro atoms. The fourth-order valence-electron chi connectivity index (χ4n) is 2.72. The van der Waals surface area contributed by atoms with E-state index in [1.807, 2.05) is 6.92 Å². The van der Waals surface area contributed by atoms with Crippen molar-refractivity contribution in [2.75, 3.05) is 0 Å². The summed E-state index contributed by atoms with van der Waals surface area (Å²) in [5.41, 5.74) is 0.0478. The number of hydrogen-bond acceptors (Lipinski definition) is 3. The molecule has 124 valence electrons. The summed E-state index contributed by atoms with van der Waals surface area (Å²) in [7, 11) is 0. The zero-order valence-electron chi connectivity index (χ0n) is 13.0. The van der Waals surface area contributed by atoms with Crippen LogP contribution in [0.3, 0.4) is 0 Å². The fourth-order valence-corrected chi connectivity index (χ4v) is 3.06. The Morgan fingerprint density at radius 3 is 2.50 bits per heavy atom. The predicted octanol–water partition coefficient (Wildman–Crippen LogP) is 4.45. The van der Waals surface area contributed by atoms with E-state index in [0.29, 0.717) is 27.6 Å². The van der Waals surface area contributed by atoms with Crippen LogP contribution in [0.25, 0.3) is 0 Å². The van der Waals surface area contributed by atoms with Crippen molar-refractivity contribution in [3.8, 4) is 0 Å². The lowest BCUT2D eigenvalue weighted by Crippen LogP contribution is -2.43. The summed E-state index contributed by atoms with van der Waals surface area (Å²) in [5.74, 6) is -0.443. The molecule has 0 bridgehead atoms. The Morgan fingerprint density at radius 1 is 1.21 bits per heavy atom. The van der Waals surface area contributed by atoms with E-state index in [0.717, 1.165) is 10.7 Å². The van der Waals surface area contributed by atoms with Crippen molar-refractivity contribution in [2.45, 2.75) is 25.5 Å². The highest BCUT2D eigenvalue weighted by atomic mass is 35.5. The first kappa shape index (κ1) is 17.0. The average Bonchev–Trinajstić information content (AvgIpc) is 2.93. The van der Waals surface area contributed by atoms with Crippen molar-refractivity contribution in [2.24, 2.45) is 5.10 Å². The smallest absolute Gasteiger partial charge is 0.278 e. The molecule has 1 aliphatic heterocycles. The molecular weight excluding hydrogens is 347 g/mol. The van der Waals surface area contributed by atoms with E-state index in [2.05, 4.69) is 5.10 Å². The molecule has 0 aromatic heterocycles. The molecule has 2 aromatic rings. The number of carbonyl (C=O) groups is 1. The van der Waals surface area contributed by atoms with Crippen molar-refractivity contribution in [1.29, 1.82) is 0 Å². The van der Waals surface area contributed by atoms with Gasteiger partial charge in [-0.25, -0.2) is 0 Å². The van der Waals surface area contributed by atoms with Crippen LogP contribution in [-0.4, -0.2) is 21.7 Å². The lowest BCUT2D eigenvalue weighted by Gasteiger charge is -2.31. The number of benzene rings is 2. The van der Waals surface area contributed by atoms with Crippen LogP contribution in [0.15, 0.2) is 53.6 Å². The lowest BCUT2D eigenvalue weighted by molar-refractivity contribution is -0.0765. The number of hydrazone groups is 1. The van der Waals surface area contributed by atoms with E-state index in [1.165, 1.54) is 0 Å². The molecule has 0 saturated carbocycles. The molecule has 1 amide bonds. The normalized spacial score (nSPS) is 20.2. The van der Waals surface area contributed by atoms with Crippen molar-refractivity contribution in [3.63, 3.8) is 0 Å². The third kappa shape index (κ3) is 2.93. The van der Waals surface area contributed by atoms with Crippen molar-refractivity contribution in [1.82, 2.24) is 5.01 Å². The summed E-state index contributed by atoms with van der Waals surface area (Å²) in [5, 5.41) is 17.6. The lowest BCUT2D eigenvalue weighted by atomic mass is 9.96. The Labute approximate surface area is 150 Å². The maximum Gasteiger partial charge on any atom is 0.278 e. The van der Waals surface area contributed by atoms with Gasteiger partial charge in [0.25, 0.3) is 5.91 Å². The quantitative estimate of drug-likeness (QED) is 0.876. The Kier molecular flexibility index (Phi) is 4.63. The van der Waals surface area contributed by atoms with Crippen molar-refractivity contribution >= 4 is 34.8 Å². The molecule has 24 heavy (non-hydrogen) atoms. The predicted molar refractivity (Wildman–Crippen MR) is 95.3 cm³/mol. The van der Waals surface area contributed by atoms with Crippen LogP contribution >= 0.6 is 23.2 Å². The Hall–Kier alpha value is -1.88. The third-order valence-corrected chi connectivity index (χ3v) is 4.64. The largest absolute Gasteiger partial charge is 0.365 e. The first-order chi connectivity index (χ1) is 11.5. The summed E-state index contributed by atoms with van der Waals surface area (Å²) >= 11 is 12.1. The molecule has 0 radical (unpaired) electrons. The van der Waals surface area contributed by atoms with E-state index in [-0.39, 0.29) is 6.42 Å². The van der Waals surface area contributed by atoms with Gasteiger partial charge in [-0.15, -0.1) is 0 Å². The van der Waals surface area contributed by atoms with Gasteiger partial charge in [0.05, 0.1) is 10.6 Å². The molecule has 1 atom stereocenters. The van der Waals surface area contributed by atoms with Gasteiger partial charge in [-0.3, -0.25) is 4.79 Å². The van der Waals surface area contributed by atoms with Gasteiger partial charge in [0.15, 0.2) is 5.72 Å². The number of nitrogens with zero attached hydrogens (tertiary/aromatic N) is 2. The molecule has 1 unspecified atom stereocenters. The van der Waals surface area contributed by atoms with E-state index in [9.17, 15) is 9.90 Å². The molecule has 0 fully saturated rings. The topological polar surface area (TPSA) is 52.9 Å². The minimum Gasteiger partial charge on any atom is -0.365 e. The molecule has 1 aliphatic rings. The van der Waals surface area contributed by atoms with E-state index in [1.54, 1.807) is 48.5 Å². The number of halogens is 2. The van der Waals surface area contributed by atoms with Gasteiger partial charge < -0.3 is 5.11 Å². The number of rotatable bonds is 3. The molecule has 6 heteroatoms. The van der Waals surface area contributed by atoms with Crippen LogP contribution in [0.4, 0.5) is 0 Å². The summed E-state index contributed by atoms with van der Waals surface area (Å²) in [4.78, 5) is 12.9. The molecule has 1 heterocycles. The van der Waals surface area contributed by atoms with Crippen molar-refractivity contribution < 1.29 is 9.90 Å². The first-order valence-electron chi connectivity index (χ1n) is 7.59. The highest BCUT2D eigenvalue weighted by molar-refractivity contribution is 6.33. The van der Waals surface area contributed by atoms with Crippen LogP contribution in [0.2, 0.25) is 10.0 Å². The Balaban J connectivity index is 2.05. The van der Waals surface area contributed by atoms with Crippen LogP contribution in [-0.2, 0) is 5.72 Å². The van der Waals surface area contributed by atoms with Gasteiger partial charge in [0.2, 0.25) is 0 Å². The number of hydrogen-bond donors (Lipinski definition) is 1. The van der Waals surface area contributed by atoms with Crippen LogP contribution < -0.4 is 0 Å². The minimum atomic E-state index is -1.55. The molecule has 0 saturated heterocycles. The van der Waals surface area contributed by atoms with Crippen LogP contribution in [0.5, 0.6) is 0 Å². The number of aliphatic hydroxyl groups is 1. The zero-order valence-corrected chi connectivity index (χ0v) is 14.6. The average molecular weight is 363 g/mol. The maximum atomic E-state index is 12.9. The Morgan fingerprint density at radius 2 is 1.88 bits per heavy atom. The second-order valence-electron chi connectivity index (χ2n) is 5.62. The second-order valence-corrected chi connectivity index (χ2v) is 6.46. The van der Waals surface area contributed by atoms with Gasteiger partial charge in [0.1, 0.15) is 0 Å². The fraction of sp³-hybridized carbons (Fsp3) is 0.222. The monoisotopic (exact) mass is 362 g/mol. The van der Waals surface area contributed by atoms with Gasteiger partial charge in [-0.05, 0) is 30.7 Å². The number of amides is 1. The van der Waals surface area contributed by atoms with E-state index >= 15 is 0 Å². The minimum absolute atomic E-state index is 0.251. The molecule has 1 N–H and O–H groups in total. The number of carbonyl (C=O) groups excluding carboxylic acids is 1. The van der Waals surface area contributed by atoms with Crippen LogP contribution in [0.1, 0.15) is 35.7 Å². The zero-order chi connectivity index (χ0) is 17.3. The molecule has 3 rings (SSSR count). The highest BCUT2D eigenvalue weighted by Crippen LogP contribution is 2.38. The van der Waals surface area contributed by atoms with Gasteiger partial charge in [0, 0.05) is 22.7 Å². The summed E-state index contributed by atoms with van der Waals surface area (Å²) in [6.45, 7) is 1.94. The summed E-state index contributed by atoms with van der Waals surface area (Å²) in [6, 6.07) is 13.5. The summed E-state index contributed by atoms with van der Waals surface area (Å²) in [6.07, 6.45) is 0.892. The van der Waals surface area contributed by atoms with Gasteiger partial charge in [-0.2, -0.15) is 10.1 Å². The third-order valence-electron chi connectivity index (χ3n) is 4.05. The van der Waals surface area contributed by atoms with Crippen molar-refractivity contribution in [3.05, 3.63) is 69.7 Å². The second kappa shape index (κ2) is 6.55. The standard InChI is InChI=1S/C18H16Cl2N2O2/c1-2-14-11-18(24,12-7-9-13(19)10-8-12)22(21-14)17(23)15-5-3-4-6-16(15)20/h3-10,24H,2,11H2,1H3. The van der Waals surface area contributed by atoms with Crippen LogP contribution in [0, 0.1) is 0 Å². The first-order valence-corrected chi connectivity index (χ1v) is 8.35. The maximum absolute atomic E-state index is 12.9. The SMILES string of the molecule is CCC1=NN(C(=O)c2ccccc2Cl)C(O)(c2ccc(Cl)cc2)C1. The van der Waals surface area contributed by atoms with E-state index < -0.39 is 11.6 Å². The molecule has 2 aromatic carbocycles. The summed E-state index contributed by atoms with van der Waals surface area (Å²) < 4.78 is 0. The van der Waals surface area contributed by atoms with Gasteiger partial charge in [-0.1, -0.05) is 54.4 Å². The highest BCUT2D eigenvalue weighted by Gasteiger charge is 2.46. The Bertz CT molecular complexity index is 805.